The maximum Gasteiger partial charge on any atom is 0.304 e. The minimum absolute atomic E-state index is 0.145. The van der Waals surface area contributed by atoms with Gasteiger partial charge in [-0.3, -0.25) is 9.69 Å². The van der Waals surface area contributed by atoms with Gasteiger partial charge in [-0.25, -0.2) is 4.39 Å². The first kappa shape index (κ1) is 15.6. The molecule has 0 saturated carbocycles. The Bertz CT molecular complexity index is 403. The average Bonchev–Trinajstić information content (AvgIpc) is 2.31. The third-order valence-electron chi connectivity index (χ3n) is 3.26. The number of nitrogens with zero attached hydrogens (tertiary/aromatic N) is 1. The van der Waals surface area contributed by atoms with E-state index in [4.69, 9.17) is 5.11 Å². The second-order valence-corrected chi connectivity index (χ2v) is 5.15. The van der Waals surface area contributed by atoms with Crippen LogP contribution in [0.15, 0.2) is 24.3 Å². The van der Waals surface area contributed by atoms with E-state index in [9.17, 15) is 9.18 Å². The van der Waals surface area contributed by atoms with Crippen molar-refractivity contribution in [2.75, 3.05) is 6.54 Å². The van der Waals surface area contributed by atoms with E-state index < -0.39 is 5.97 Å². The van der Waals surface area contributed by atoms with E-state index in [-0.39, 0.29) is 24.3 Å². The number of carboxylic acid groups (broad SMARTS) is 1. The van der Waals surface area contributed by atoms with Crippen LogP contribution >= 0.6 is 0 Å². The lowest BCUT2D eigenvalue weighted by molar-refractivity contribution is -0.137. The molecule has 1 unspecified atom stereocenters. The van der Waals surface area contributed by atoms with Crippen LogP contribution in [0.25, 0.3) is 0 Å². The largest absolute Gasteiger partial charge is 0.481 e. The topological polar surface area (TPSA) is 40.5 Å². The molecule has 1 N–H and O–H groups in total. The summed E-state index contributed by atoms with van der Waals surface area (Å²) in [5.74, 6) is -1.01. The number of hydrogen-bond donors (Lipinski definition) is 1. The summed E-state index contributed by atoms with van der Waals surface area (Å²) in [6, 6.07) is 6.99. The Hall–Kier alpha value is -1.42. The van der Waals surface area contributed by atoms with Crippen LogP contribution in [0.5, 0.6) is 0 Å². The third-order valence-corrected chi connectivity index (χ3v) is 3.26. The van der Waals surface area contributed by atoms with Gasteiger partial charge < -0.3 is 5.11 Å². The molecule has 1 rings (SSSR count). The summed E-state index contributed by atoms with van der Waals surface area (Å²) in [4.78, 5) is 12.8. The van der Waals surface area contributed by atoms with Gasteiger partial charge in [0, 0.05) is 18.6 Å². The first-order valence-corrected chi connectivity index (χ1v) is 6.62. The van der Waals surface area contributed by atoms with Crippen molar-refractivity contribution in [1.29, 1.82) is 0 Å². The second-order valence-electron chi connectivity index (χ2n) is 5.15. The van der Waals surface area contributed by atoms with Crippen molar-refractivity contribution in [3.8, 4) is 0 Å². The zero-order valence-corrected chi connectivity index (χ0v) is 11.8. The Kier molecular flexibility index (Phi) is 5.96. The number of rotatable bonds is 7. The highest BCUT2D eigenvalue weighted by Gasteiger charge is 2.18. The third kappa shape index (κ3) is 5.39. The normalized spacial score (nSPS) is 12.9. The maximum absolute atomic E-state index is 12.8. The van der Waals surface area contributed by atoms with Crippen molar-refractivity contribution < 1.29 is 14.3 Å². The van der Waals surface area contributed by atoms with E-state index in [1.165, 1.54) is 12.1 Å². The molecule has 106 valence electrons. The van der Waals surface area contributed by atoms with Crippen molar-refractivity contribution in [2.45, 2.75) is 45.7 Å². The first-order valence-electron chi connectivity index (χ1n) is 6.62. The highest BCUT2D eigenvalue weighted by atomic mass is 19.1. The first-order chi connectivity index (χ1) is 8.90. The number of halogens is 1. The fourth-order valence-corrected chi connectivity index (χ4v) is 2.29. The number of hydrogen-bond acceptors (Lipinski definition) is 2. The van der Waals surface area contributed by atoms with Crippen molar-refractivity contribution in [1.82, 2.24) is 4.90 Å². The predicted molar refractivity (Wildman–Crippen MR) is 73.7 cm³/mol. The van der Waals surface area contributed by atoms with Crippen LogP contribution in [0.2, 0.25) is 0 Å². The van der Waals surface area contributed by atoms with E-state index in [0.717, 1.165) is 12.0 Å². The lowest BCUT2D eigenvalue weighted by Crippen LogP contribution is -2.41. The molecule has 0 aliphatic heterocycles. The molecule has 1 aromatic rings. The molecular formula is C15H22FNO2. The molecule has 1 atom stereocenters. The molecule has 1 aromatic carbocycles. The number of aliphatic carboxylic acids is 1. The van der Waals surface area contributed by atoms with E-state index >= 15 is 0 Å². The zero-order valence-electron chi connectivity index (χ0n) is 11.8. The summed E-state index contributed by atoms with van der Waals surface area (Å²) >= 11 is 0. The minimum atomic E-state index is -0.778. The molecule has 4 heteroatoms. The predicted octanol–water partition coefficient (Wildman–Crippen LogP) is 2.94. The van der Waals surface area contributed by atoms with Gasteiger partial charge in [0.05, 0.1) is 6.42 Å². The van der Waals surface area contributed by atoms with Crippen LogP contribution < -0.4 is 0 Å². The maximum atomic E-state index is 12.8. The smallest absolute Gasteiger partial charge is 0.304 e. The van der Waals surface area contributed by atoms with Crippen LogP contribution in [0.1, 0.15) is 32.8 Å². The second kappa shape index (κ2) is 7.24. The van der Waals surface area contributed by atoms with Crippen molar-refractivity contribution in [2.24, 2.45) is 0 Å². The van der Waals surface area contributed by atoms with Crippen LogP contribution in [0.4, 0.5) is 4.39 Å². The van der Waals surface area contributed by atoms with E-state index in [0.29, 0.717) is 6.54 Å². The van der Waals surface area contributed by atoms with E-state index in [1.807, 2.05) is 0 Å². The SMILES string of the molecule is CC(C)N(CCC(=O)O)C(C)Cc1ccc(F)cc1. The summed E-state index contributed by atoms with van der Waals surface area (Å²) in [6.45, 7) is 6.73. The Labute approximate surface area is 114 Å². The van der Waals surface area contributed by atoms with E-state index in [1.54, 1.807) is 12.1 Å². The van der Waals surface area contributed by atoms with Crippen molar-refractivity contribution in [3.63, 3.8) is 0 Å². The molecule has 0 aliphatic rings. The Balaban J connectivity index is 2.63. The van der Waals surface area contributed by atoms with Gasteiger partial charge in [-0.2, -0.15) is 0 Å². The minimum Gasteiger partial charge on any atom is -0.481 e. The van der Waals surface area contributed by atoms with Gasteiger partial charge in [0.25, 0.3) is 0 Å². The van der Waals surface area contributed by atoms with Gasteiger partial charge in [0.15, 0.2) is 0 Å². The monoisotopic (exact) mass is 267 g/mol. The van der Waals surface area contributed by atoms with Gasteiger partial charge in [-0.1, -0.05) is 12.1 Å². The molecule has 0 bridgehead atoms. The highest BCUT2D eigenvalue weighted by Crippen LogP contribution is 2.13. The summed E-state index contributed by atoms with van der Waals surface area (Å²) in [6.07, 6.45) is 0.935. The van der Waals surface area contributed by atoms with Gasteiger partial charge in [-0.15, -0.1) is 0 Å². The highest BCUT2D eigenvalue weighted by molar-refractivity contribution is 5.66. The summed E-state index contributed by atoms with van der Waals surface area (Å²) < 4.78 is 12.8. The Morgan fingerprint density at radius 1 is 1.26 bits per heavy atom. The van der Waals surface area contributed by atoms with Crippen LogP contribution in [0.3, 0.4) is 0 Å². The van der Waals surface area contributed by atoms with Crippen LogP contribution in [-0.2, 0) is 11.2 Å². The van der Waals surface area contributed by atoms with Gasteiger partial charge in [0.2, 0.25) is 0 Å². The summed E-state index contributed by atoms with van der Waals surface area (Å²) in [5, 5.41) is 8.78. The molecule has 0 radical (unpaired) electrons. The Morgan fingerprint density at radius 2 is 1.84 bits per heavy atom. The molecule has 0 fully saturated rings. The lowest BCUT2D eigenvalue weighted by Gasteiger charge is -2.32. The molecule has 0 spiro atoms. The summed E-state index contributed by atoms with van der Waals surface area (Å²) in [7, 11) is 0. The van der Waals surface area contributed by atoms with Gasteiger partial charge in [-0.05, 0) is 44.9 Å². The zero-order chi connectivity index (χ0) is 14.4. The lowest BCUT2D eigenvalue weighted by atomic mass is 10.0. The summed E-state index contributed by atoms with van der Waals surface area (Å²) in [5.41, 5.74) is 1.06. The molecular weight excluding hydrogens is 245 g/mol. The molecule has 0 aromatic heterocycles. The standard InChI is InChI=1S/C15H22FNO2/c1-11(2)17(9-8-15(18)19)12(3)10-13-4-6-14(16)7-5-13/h4-7,11-12H,8-10H2,1-3H3,(H,18,19). The van der Waals surface area contributed by atoms with Crippen LogP contribution in [0, 0.1) is 5.82 Å². The molecule has 0 amide bonds. The fourth-order valence-electron chi connectivity index (χ4n) is 2.29. The van der Waals surface area contributed by atoms with Crippen molar-refractivity contribution >= 4 is 5.97 Å². The molecule has 3 nitrogen and oxygen atoms in total. The molecule has 19 heavy (non-hydrogen) atoms. The fraction of sp³-hybridized carbons (Fsp3) is 0.533. The quantitative estimate of drug-likeness (QED) is 0.825. The Morgan fingerprint density at radius 3 is 2.32 bits per heavy atom. The average molecular weight is 267 g/mol. The van der Waals surface area contributed by atoms with Crippen LogP contribution in [-0.4, -0.2) is 34.6 Å². The van der Waals surface area contributed by atoms with Gasteiger partial charge in [0.1, 0.15) is 5.82 Å². The van der Waals surface area contributed by atoms with Crippen molar-refractivity contribution in [3.05, 3.63) is 35.6 Å². The number of carbonyl (C=O) groups is 1. The molecule has 0 aliphatic carbocycles. The van der Waals surface area contributed by atoms with Gasteiger partial charge >= 0.3 is 5.97 Å². The molecule has 0 heterocycles. The number of benzene rings is 1. The molecule has 0 saturated heterocycles. The van der Waals surface area contributed by atoms with E-state index in [2.05, 4.69) is 25.7 Å². The number of carboxylic acids is 1.